The predicted molar refractivity (Wildman–Crippen MR) is 87.0 cm³/mol. The zero-order valence-corrected chi connectivity index (χ0v) is 13.8. The Bertz CT molecular complexity index is 486. The summed E-state index contributed by atoms with van der Waals surface area (Å²) in [5.41, 5.74) is 1.01. The van der Waals surface area contributed by atoms with E-state index >= 15 is 0 Å². The number of likely N-dealkylation sites (N-methyl/N-ethyl adjacent to an activating group) is 1. The minimum Gasteiger partial charge on any atom is -0.304 e. The second-order valence-corrected chi connectivity index (χ2v) is 6.50. The highest BCUT2D eigenvalue weighted by molar-refractivity contribution is 5.31. The highest BCUT2D eigenvalue weighted by atomic mass is 15.3. The number of piperazine rings is 1. The molecule has 4 nitrogen and oxygen atoms in total. The summed E-state index contributed by atoms with van der Waals surface area (Å²) >= 11 is 0. The molecular weight excluding hydrogens is 260 g/mol. The highest BCUT2D eigenvalue weighted by Crippen LogP contribution is 2.14. The van der Waals surface area contributed by atoms with Gasteiger partial charge in [-0.25, -0.2) is 0 Å². The number of rotatable bonds is 4. The van der Waals surface area contributed by atoms with E-state index in [1.807, 2.05) is 24.1 Å². The SMILES string of the molecule is CC(C)CCC(C#Cc1cnn(C)c1)N1CCN(C)CC1. The maximum absolute atomic E-state index is 4.19. The molecule has 0 N–H and O–H groups in total. The zero-order valence-electron chi connectivity index (χ0n) is 13.8. The predicted octanol–water partition coefficient (Wildman–Crippen LogP) is 1.82. The average molecular weight is 288 g/mol. The molecule has 1 aromatic heterocycles. The normalized spacial score (nSPS) is 18.5. The number of nitrogens with zero attached hydrogens (tertiary/aromatic N) is 4. The molecular formula is C17H28N4. The van der Waals surface area contributed by atoms with Crippen LogP contribution in [0.15, 0.2) is 12.4 Å². The molecule has 0 saturated carbocycles. The van der Waals surface area contributed by atoms with E-state index in [-0.39, 0.29) is 0 Å². The molecule has 21 heavy (non-hydrogen) atoms. The molecule has 0 aliphatic carbocycles. The lowest BCUT2D eigenvalue weighted by molar-refractivity contribution is 0.127. The van der Waals surface area contributed by atoms with E-state index < -0.39 is 0 Å². The fraction of sp³-hybridized carbons (Fsp3) is 0.706. The van der Waals surface area contributed by atoms with Gasteiger partial charge < -0.3 is 4.90 Å². The Labute approximate surface area is 129 Å². The molecule has 0 radical (unpaired) electrons. The summed E-state index contributed by atoms with van der Waals surface area (Å²) in [5.74, 6) is 7.54. The van der Waals surface area contributed by atoms with Crippen molar-refractivity contribution in [3.63, 3.8) is 0 Å². The smallest absolute Gasteiger partial charge is 0.0719 e. The fourth-order valence-corrected chi connectivity index (χ4v) is 2.62. The van der Waals surface area contributed by atoms with Crippen LogP contribution in [0.5, 0.6) is 0 Å². The Morgan fingerprint density at radius 3 is 2.43 bits per heavy atom. The first kappa shape index (κ1) is 16.1. The van der Waals surface area contributed by atoms with Crippen LogP contribution < -0.4 is 0 Å². The van der Waals surface area contributed by atoms with Crippen molar-refractivity contribution < 1.29 is 0 Å². The van der Waals surface area contributed by atoms with Gasteiger partial charge in [-0.1, -0.05) is 25.7 Å². The summed E-state index contributed by atoms with van der Waals surface area (Å²) in [6, 6.07) is 0.376. The van der Waals surface area contributed by atoms with Gasteiger partial charge >= 0.3 is 0 Å². The molecule has 1 saturated heterocycles. The largest absolute Gasteiger partial charge is 0.304 e. The topological polar surface area (TPSA) is 24.3 Å². The summed E-state index contributed by atoms with van der Waals surface area (Å²) < 4.78 is 1.81. The molecule has 1 unspecified atom stereocenters. The van der Waals surface area contributed by atoms with Crippen molar-refractivity contribution in [2.45, 2.75) is 32.7 Å². The van der Waals surface area contributed by atoms with E-state index in [2.05, 4.69) is 47.6 Å². The van der Waals surface area contributed by atoms with Crippen LogP contribution in [-0.4, -0.2) is 58.8 Å². The monoisotopic (exact) mass is 288 g/mol. The Kier molecular flexibility index (Phi) is 5.84. The van der Waals surface area contributed by atoms with Crippen LogP contribution in [-0.2, 0) is 7.05 Å². The zero-order chi connectivity index (χ0) is 15.2. The van der Waals surface area contributed by atoms with E-state index in [0.29, 0.717) is 6.04 Å². The minimum atomic E-state index is 0.376. The lowest BCUT2D eigenvalue weighted by Gasteiger charge is -2.36. The maximum atomic E-state index is 4.19. The summed E-state index contributed by atoms with van der Waals surface area (Å²) in [6.07, 6.45) is 6.22. The summed E-state index contributed by atoms with van der Waals surface area (Å²) in [4.78, 5) is 4.94. The van der Waals surface area contributed by atoms with Crippen molar-refractivity contribution in [2.24, 2.45) is 13.0 Å². The van der Waals surface area contributed by atoms with Crippen LogP contribution in [0.2, 0.25) is 0 Å². The van der Waals surface area contributed by atoms with Gasteiger partial charge in [-0.15, -0.1) is 0 Å². The maximum Gasteiger partial charge on any atom is 0.0719 e. The van der Waals surface area contributed by atoms with Gasteiger partial charge in [0.2, 0.25) is 0 Å². The first-order chi connectivity index (χ1) is 10.0. The molecule has 0 amide bonds. The van der Waals surface area contributed by atoms with Crippen molar-refractivity contribution in [3.05, 3.63) is 18.0 Å². The Balaban J connectivity index is 2.03. The molecule has 0 spiro atoms. The summed E-state index contributed by atoms with van der Waals surface area (Å²) in [7, 11) is 4.13. The van der Waals surface area contributed by atoms with Crippen LogP contribution in [0.3, 0.4) is 0 Å². The van der Waals surface area contributed by atoms with Crippen LogP contribution in [0.25, 0.3) is 0 Å². The number of aromatic nitrogens is 2. The number of aryl methyl sites for hydroxylation is 1. The highest BCUT2D eigenvalue weighted by Gasteiger charge is 2.21. The van der Waals surface area contributed by atoms with Crippen molar-refractivity contribution in [1.29, 1.82) is 0 Å². The standard InChI is InChI=1S/C17H28N4/c1-15(2)5-7-17(21-11-9-19(3)10-12-21)8-6-16-13-18-20(4)14-16/h13-15,17H,5,7,9-12H2,1-4H3. The first-order valence-electron chi connectivity index (χ1n) is 7.97. The van der Waals surface area contributed by atoms with E-state index in [0.717, 1.165) is 44.1 Å². The van der Waals surface area contributed by atoms with Gasteiger partial charge in [0.15, 0.2) is 0 Å². The van der Waals surface area contributed by atoms with Crippen LogP contribution in [0, 0.1) is 17.8 Å². The molecule has 0 aromatic carbocycles. The van der Waals surface area contributed by atoms with Gasteiger partial charge in [-0.2, -0.15) is 5.10 Å². The quantitative estimate of drug-likeness (QED) is 0.790. The molecule has 1 aliphatic rings. The van der Waals surface area contributed by atoms with E-state index in [4.69, 9.17) is 0 Å². The third-order valence-electron chi connectivity index (χ3n) is 4.08. The molecule has 2 heterocycles. The average Bonchev–Trinajstić information content (AvgIpc) is 2.86. The van der Waals surface area contributed by atoms with E-state index in [9.17, 15) is 0 Å². The molecule has 2 rings (SSSR count). The van der Waals surface area contributed by atoms with Crippen molar-refractivity contribution in [1.82, 2.24) is 19.6 Å². The van der Waals surface area contributed by atoms with Gasteiger partial charge in [0.05, 0.1) is 17.8 Å². The molecule has 116 valence electrons. The molecule has 0 bridgehead atoms. The lowest BCUT2D eigenvalue weighted by Crippen LogP contribution is -2.48. The molecule has 1 fully saturated rings. The van der Waals surface area contributed by atoms with Gasteiger partial charge in [0, 0.05) is 39.4 Å². The molecule has 4 heteroatoms. The van der Waals surface area contributed by atoms with Crippen LogP contribution in [0.4, 0.5) is 0 Å². The number of hydrogen-bond acceptors (Lipinski definition) is 3. The van der Waals surface area contributed by atoms with Gasteiger partial charge in [-0.05, 0) is 25.8 Å². The molecule has 1 aliphatic heterocycles. The Morgan fingerprint density at radius 1 is 1.14 bits per heavy atom. The third kappa shape index (κ3) is 5.18. The van der Waals surface area contributed by atoms with Crippen molar-refractivity contribution in [2.75, 3.05) is 33.2 Å². The first-order valence-corrected chi connectivity index (χ1v) is 7.97. The van der Waals surface area contributed by atoms with Gasteiger partial charge in [0.1, 0.15) is 0 Å². The Morgan fingerprint density at radius 2 is 1.86 bits per heavy atom. The summed E-state index contributed by atoms with van der Waals surface area (Å²) in [5, 5.41) is 4.19. The third-order valence-corrected chi connectivity index (χ3v) is 4.08. The molecule has 1 atom stereocenters. The second-order valence-electron chi connectivity index (χ2n) is 6.50. The van der Waals surface area contributed by atoms with Gasteiger partial charge in [0.25, 0.3) is 0 Å². The Hall–Kier alpha value is -1.31. The van der Waals surface area contributed by atoms with Crippen molar-refractivity contribution >= 4 is 0 Å². The van der Waals surface area contributed by atoms with Crippen LogP contribution in [0.1, 0.15) is 32.3 Å². The lowest BCUT2D eigenvalue weighted by atomic mass is 10.0. The fourth-order valence-electron chi connectivity index (χ4n) is 2.62. The van der Waals surface area contributed by atoms with Crippen molar-refractivity contribution in [3.8, 4) is 11.8 Å². The second kappa shape index (κ2) is 7.63. The van der Waals surface area contributed by atoms with E-state index in [1.54, 1.807) is 0 Å². The van der Waals surface area contributed by atoms with E-state index in [1.165, 1.54) is 6.42 Å². The van der Waals surface area contributed by atoms with Gasteiger partial charge in [-0.3, -0.25) is 9.58 Å². The number of hydrogen-bond donors (Lipinski definition) is 0. The van der Waals surface area contributed by atoms with Crippen LogP contribution >= 0.6 is 0 Å². The molecule has 1 aromatic rings. The summed E-state index contributed by atoms with van der Waals surface area (Å²) in [6.45, 7) is 9.12. The minimum absolute atomic E-state index is 0.376.